The van der Waals surface area contributed by atoms with Gasteiger partial charge in [0.15, 0.2) is 0 Å². The van der Waals surface area contributed by atoms with Gasteiger partial charge < -0.3 is 10.2 Å². The fourth-order valence-corrected chi connectivity index (χ4v) is 2.81. The second kappa shape index (κ2) is 6.10. The van der Waals surface area contributed by atoms with Crippen molar-refractivity contribution in [2.24, 2.45) is 5.92 Å². The molecule has 0 aliphatic carbocycles. The molecule has 3 rings (SSSR count). The molecule has 1 aliphatic heterocycles. The summed E-state index contributed by atoms with van der Waals surface area (Å²) in [6.07, 6.45) is 4.53. The molecule has 0 saturated carbocycles. The first-order valence-electron chi connectivity index (χ1n) is 7.32. The van der Waals surface area contributed by atoms with Gasteiger partial charge in [0.1, 0.15) is 0 Å². The van der Waals surface area contributed by atoms with Gasteiger partial charge in [0.25, 0.3) is 5.91 Å². The zero-order chi connectivity index (χ0) is 14.7. The molecule has 1 fully saturated rings. The molecule has 1 N–H and O–H groups in total. The summed E-state index contributed by atoms with van der Waals surface area (Å²) in [4.78, 5) is 14.4. The van der Waals surface area contributed by atoms with Crippen molar-refractivity contribution in [3.63, 3.8) is 0 Å². The molecule has 0 bridgehead atoms. The summed E-state index contributed by atoms with van der Waals surface area (Å²) in [7, 11) is 1.95. The van der Waals surface area contributed by atoms with Crippen molar-refractivity contribution in [3.8, 4) is 5.69 Å². The largest absolute Gasteiger partial charge is 0.338 e. The maximum absolute atomic E-state index is 12.5. The average Bonchev–Trinajstić information content (AvgIpc) is 3.17. The molecule has 1 atom stereocenters. The van der Waals surface area contributed by atoms with E-state index in [1.54, 1.807) is 10.9 Å². The number of hydrogen-bond acceptors (Lipinski definition) is 3. The van der Waals surface area contributed by atoms with Crippen LogP contribution in [0.15, 0.2) is 42.7 Å². The number of aromatic nitrogens is 2. The van der Waals surface area contributed by atoms with Crippen LogP contribution in [0.2, 0.25) is 0 Å². The van der Waals surface area contributed by atoms with Crippen molar-refractivity contribution in [1.29, 1.82) is 0 Å². The molecule has 1 aliphatic rings. The predicted molar refractivity (Wildman–Crippen MR) is 81.5 cm³/mol. The standard InChI is InChI=1S/C16H20N4O/c1-17-9-13-7-8-19(11-13)16(21)14-10-18-20(12-14)15-5-3-2-4-6-15/h2-6,10,12-13,17H,7-9,11H2,1H3. The zero-order valence-corrected chi connectivity index (χ0v) is 12.2. The quantitative estimate of drug-likeness (QED) is 0.927. The number of hydrogen-bond donors (Lipinski definition) is 1. The smallest absolute Gasteiger partial charge is 0.257 e. The lowest BCUT2D eigenvalue weighted by molar-refractivity contribution is 0.0787. The molecule has 21 heavy (non-hydrogen) atoms. The van der Waals surface area contributed by atoms with Crippen LogP contribution in [-0.2, 0) is 0 Å². The Morgan fingerprint density at radius 2 is 2.19 bits per heavy atom. The maximum atomic E-state index is 12.5. The van der Waals surface area contributed by atoms with Gasteiger partial charge in [-0.2, -0.15) is 5.10 Å². The molecule has 2 heterocycles. The molecule has 1 unspecified atom stereocenters. The number of likely N-dealkylation sites (tertiary alicyclic amines) is 1. The molecule has 110 valence electrons. The van der Waals surface area contributed by atoms with Crippen LogP contribution in [0.5, 0.6) is 0 Å². The highest BCUT2D eigenvalue weighted by molar-refractivity contribution is 5.94. The Hall–Kier alpha value is -2.14. The lowest BCUT2D eigenvalue weighted by atomic mass is 10.1. The first kappa shape index (κ1) is 13.8. The Kier molecular flexibility index (Phi) is 4.01. The summed E-state index contributed by atoms with van der Waals surface area (Å²) in [5.41, 5.74) is 1.62. The van der Waals surface area contributed by atoms with E-state index in [9.17, 15) is 4.79 Å². The van der Waals surface area contributed by atoms with Gasteiger partial charge in [-0.25, -0.2) is 4.68 Å². The normalized spacial score (nSPS) is 18.1. The fourth-order valence-electron chi connectivity index (χ4n) is 2.81. The van der Waals surface area contributed by atoms with E-state index < -0.39 is 0 Å². The van der Waals surface area contributed by atoms with Crippen molar-refractivity contribution in [2.45, 2.75) is 6.42 Å². The van der Waals surface area contributed by atoms with E-state index >= 15 is 0 Å². The van der Waals surface area contributed by atoms with E-state index in [0.717, 1.165) is 31.7 Å². The average molecular weight is 284 g/mol. The monoisotopic (exact) mass is 284 g/mol. The van der Waals surface area contributed by atoms with Crippen molar-refractivity contribution < 1.29 is 4.79 Å². The van der Waals surface area contributed by atoms with Crippen LogP contribution in [-0.4, -0.2) is 47.3 Å². The molecule has 5 nitrogen and oxygen atoms in total. The van der Waals surface area contributed by atoms with Gasteiger partial charge in [-0.05, 0) is 38.1 Å². The third-order valence-corrected chi connectivity index (χ3v) is 3.92. The van der Waals surface area contributed by atoms with Crippen molar-refractivity contribution in [3.05, 3.63) is 48.3 Å². The first-order valence-corrected chi connectivity index (χ1v) is 7.32. The third-order valence-electron chi connectivity index (χ3n) is 3.92. The Labute approximate surface area is 124 Å². The highest BCUT2D eigenvalue weighted by atomic mass is 16.2. The van der Waals surface area contributed by atoms with E-state index in [-0.39, 0.29) is 5.91 Å². The van der Waals surface area contributed by atoms with E-state index in [2.05, 4.69) is 10.4 Å². The molecule has 5 heteroatoms. The van der Waals surface area contributed by atoms with Crippen molar-refractivity contribution in [1.82, 2.24) is 20.0 Å². The first-order chi connectivity index (χ1) is 10.3. The number of nitrogens with zero attached hydrogens (tertiary/aromatic N) is 3. The van der Waals surface area contributed by atoms with E-state index in [4.69, 9.17) is 0 Å². The number of benzene rings is 1. The summed E-state index contributed by atoms with van der Waals surface area (Å²) in [6, 6.07) is 9.83. The van der Waals surface area contributed by atoms with E-state index in [1.165, 1.54) is 0 Å². The van der Waals surface area contributed by atoms with Crippen LogP contribution in [0, 0.1) is 5.92 Å². The Morgan fingerprint density at radius 3 is 2.95 bits per heavy atom. The molecule has 1 saturated heterocycles. The minimum atomic E-state index is 0.0794. The fraction of sp³-hybridized carbons (Fsp3) is 0.375. The molecule has 1 aromatic carbocycles. The summed E-state index contributed by atoms with van der Waals surface area (Å²) in [5.74, 6) is 0.638. The third kappa shape index (κ3) is 2.97. The summed E-state index contributed by atoms with van der Waals surface area (Å²) < 4.78 is 1.74. The lowest BCUT2D eigenvalue weighted by Gasteiger charge is -2.15. The number of amides is 1. The predicted octanol–water partition coefficient (Wildman–Crippen LogP) is 1.55. The molecule has 0 spiro atoms. The van der Waals surface area contributed by atoms with Gasteiger partial charge in [0.05, 0.1) is 17.4 Å². The van der Waals surface area contributed by atoms with E-state index in [0.29, 0.717) is 11.5 Å². The van der Waals surface area contributed by atoms with Gasteiger partial charge >= 0.3 is 0 Å². The van der Waals surface area contributed by atoms with Gasteiger partial charge in [0.2, 0.25) is 0 Å². The number of carbonyl (C=O) groups excluding carboxylic acids is 1. The second-order valence-corrected chi connectivity index (χ2v) is 5.47. The number of para-hydroxylation sites is 1. The molecule has 0 radical (unpaired) electrons. The summed E-state index contributed by atoms with van der Waals surface area (Å²) in [6.45, 7) is 2.63. The number of nitrogens with one attached hydrogen (secondary N) is 1. The highest BCUT2D eigenvalue weighted by Crippen LogP contribution is 2.18. The Balaban J connectivity index is 1.70. The van der Waals surface area contributed by atoms with Crippen molar-refractivity contribution >= 4 is 5.91 Å². The summed E-state index contributed by atoms with van der Waals surface area (Å²) in [5, 5.41) is 7.47. The molecular formula is C16H20N4O. The van der Waals surface area contributed by atoms with Crippen LogP contribution in [0.25, 0.3) is 5.69 Å². The van der Waals surface area contributed by atoms with Gasteiger partial charge in [-0.1, -0.05) is 18.2 Å². The number of carbonyl (C=O) groups is 1. The lowest BCUT2D eigenvalue weighted by Crippen LogP contribution is -2.30. The van der Waals surface area contributed by atoms with Gasteiger partial charge in [-0.15, -0.1) is 0 Å². The van der Waals surface area contributed by atoms with Crippen LogP contribution in [0.1, 0.15) is 16.8 Å². The van der Waals surface area contributed by atoms with Crippen LogP contribution in [0.3, 0.4) is 0 Å². The molecule has 1 aromatic heterocycles. The van der Waals surface area contributed by atoms with Crippen LogP contribution >= 0.6 is 0 Å². The van der Waals surface area contributed by atoms with Crippen molar-refractivity contribution in [2.75, 3.05) is 26.7 Å². The van der Waals surface area contributed by atoms with Crippen LogP contribution in [0.4, 0.5) is 0 Å². The van der Waals surface area contributed by atoms with E-state index in [1.807, 2.05) is 48.5 Å². The zero-order valence-electron chi connectivity index (χ0n) is 12.2. The molecule has 1 amide bonds. The summed E-state index contributed by atoms with van der Waals surface area (Å²) >= 11 is 0. The Morgan fingerprint density at radius 1 is 1.38 bits per heavy atom. The topological polar surface area (TPSA) is 50.2 Å². The Bertz CT molecular complexity index is 608. The number of rotatable bonds is 4. The molecule has 2 aromatic rings. The van der Waals surface area contributed by atoms with Gasteiger partial charge in [0, 0.05) is 19.3 Å². The highest BCUT2D eigenvalue weighted by Gasteiger charge is 2.27. The second-order valence-electron chi connectivity index (χ2n) is 5.47. The van der Waals surface area contributed by atoms with Gasteiger partial charge in [-0.3, -0.25) is 4.79 Å². The minimum absolute atomic E-state index is 0.0794. The minimum Gasteiger partial charge on any atom is -0.338 e. The van der Waals surface area contributed by atoms with Crippen LogP contribution < -0.4 is 5.32 Å². The molecular weight excluding hydrogens is 264 g/mol. The maximum Gasteiger partial charge on any atom is 0.257 e. The SMILES string of the molecule is CNCC1CCN(C(=O)c2cnn(-c3ccccc3)c2)C1.